The second-order valence-electron chi connectivity index (χ2n) is 3.97. The van der Waals surface area contributed by atoms with Crippen molar-refractivity contribution in [3.05, 3.63) is 35.9 Å². The van der Waals surface area contributed by atoms with Crippen LogP contribution in [0.3, 0.4) is 0 Å². The molecule has 0 heterocycles. The first kappa shape index (κ1) is 17.2. The number of Topliss-reactive ketones (excluding diaryl/α,β-unsaturated/α-hetero) is 1. The average Bonchev–Trinajstić information content (AvgIpc) is 2.38. The molecule has 0 aliphatic rings. The Balaban J connectivity index is 3.11. The van der Waals surface area contributed by atoms with Gasteiger partial charge >= 0.3 is 16.3 Å². The molecule has 0 spiro atoms. The lowest BCUT2D eigenvalue weighted by atomic mass is 10.1. The molecule has 1 aromatic rings. The van der Waals surface area contributed by atoms with Crippen molar-refractivity contribution in [1.82, 2.24) is 0 Å². The Hall–Kier alpha value is -1.90. The molecule has 21 heavy (non-hydrogen) atoms. The van der Waals surface area contributed by atoms with Gasteiger partial charge in [0.1, 0.15) is 0 Å². The van der Waals surface area contributed by atoms with Gasteiger partial charge in [-0.25, -0.2) is 0 Å². The van der Waals surface area contributed by atoms with Crippen molar-refractivity contribution in [2.75, 3.05) is 5.75 Å². The van der Waals surface area contributed by atoms with E-state index in [1.165, 1.54) is 25.1 Å². The van der Waals surface area contributed by atoms with E-state index in [-0.39, 0.29) is 12.0 Å². The van der Waals surface area contributed by atoms with Gasteiger partial charge in [-0.3, -0.25) is 9.08 Å². The van der Waals surface area contributed by atoms with Crippen molar-refractivity contribution in [3.8, 4) is 0 Å². The van der Waals surface area contributed by atoms with Crippen LogP contribution in [0, 0.1) is 0 Å². The lowest BCUT2D eigenvalue weighted by Crippen LogP contribution is -2.32. The molecule has 0 N–H and O–H groups in total. The second-order valence-corrected chi connectivity index (χ2v) is 5.64. The Morgan fingerprint density at radius 3 is 2.29 bits per heavy atom. The number of oxime groups is 1. The number of benzene rings is 1. The molecule has 0 radical (unpaired) electrons. The molecule has 0 saturated carbocycles. The van der Waals surface area contributed by atoms with Gasteiger partial charge in [0, 0.05) is 5.56 Å². The minimum absolute atomic E-state index is 0.145. The van der Waals surface area contributed by atoms with E-state index in [0.29, 0.717) is 0 Å². The first-order valence-electron chi connectivity index (χ1n) is 5.83. The molecule has 5 nitrogen and oxygen atoms in total. The van der Waals surface area contributed by atoms with Crippen molar-refractivity contribution in [1.29, 1.82) is 0 Å². The van der Waals surface area contributed by atoms with Crippen LogP contribution in [0.15, 0.2) is 35.5 Å². The molecule has 0 aromatic heterocycles. The molecule has 0 saturated heterocycles. The molecule has 0 amide bonds. The van der Waals surface area contributed by atoms with E-state index in [1.54, 1.807) is 0 Å². The summed E-state index contributed by atoms with van der Waals surface area (Å²) in [5.74, 6) is -1.96. The molecule has 1 rings (SSSR count). The van der Waals surface area contributed by atoms with Crippen LogP contribution in [0.5, 0.6) is 0 Å². The molecule has 1 aromatic carbocycles. The first-order chi connectivity index (χ1) is 9.67. The van der Waals surface area contributed by atoms with Crippen LogP contribution in [0.1, 0.15) is 23.7 Å². The van der Waals surface area contributed by atoms with E-state index in [9.17, 15) is 26.4 Å². The van der Waals surface area contributed by atoms with Crippen LogP contribution in [0.4, 0.5) is 13.2 Å². The molecule has 0 bridgehead atoms. The zero-order chi connectivity index (χ0) is 16.1. The Morgan fingerprint density at radius 2 is 1.81 bits per heavy atom. The van der Waals surface area contributed by atoms with E-state index in [4.69, 9.17) is 0 Å². The molecule has 0 fully saturated rings. The van der Waals surface area contributed by atoms with E-state index < -0.39 is 33.5 Å². The Morgan fingerprint density at radius 1 is 1.24 bits per heavy atom. The summed E-state index contributed by atoms with van der Waals surface area (Å²) >= 11 is 0. The lowest BCUT2D eigenvalue weighted by molar-refractivity contribution is -0.0598. The van der Waals surface area contributed by atoms with Gasteiger partial charge in [-0.05, 0) is 6.42 Å². The molecular weight excluding hydrogens is 311 g/mol. The summed E-state index contributed by atoms with van der Waals surface area (Å²) in [7, 11) is -4.24. The van der Waals surface area contributed by atoms with Crippen molar-refractivity contribution < 1.29 is 30.7 Å². The first-order valence-corrected chi connectivity index (χ1v) is 7.41. The third-order valence-electron chi connectivity index (χ3n) is 2.22. The van der Waals surface area contributed by atoms with E-state index in [1.807, 2.05) is 0 Å². The van der Waals surface area contributed by atoms with Gasteiger partial charge in [0.15, 0.2) is 0 Å². The van der Waals surface area contributed by atoms with Crippen LogP contribution >= 0.6 is 0 Å². The van der Waals surface area contributed by atoms with Crippen molar-refractivity contribution in [2.45, 2.75) is 19.5 Å². The average molecular weight is 323 g/mol. The number of hydrogen-bond donors (Lipinski definition) is 0. The maximum absolute atomic E-state index is 12.8. The quantitative estimate of drug-likeness (QED) is 0.458. The number of halogens is 3. The van der Waals surface area contributed by atoms with Gasteiger partial charge in [0.05, 0.1) is 5.75 Å². The fraction of sp³-hybridized carbons (Fsp3) is 0.333. The smallest absolute Gasteiger partial charge is 0.287 e. The lowest BCUT2D eigenvalue weighted by Gasteiger charge is -2.09. The molecule has 0 aliphatic heterocycles. The largest absolute Gasteiger partial charge is 0.440 e. The van der Waals surface area contributed by atoms with Crippen LogP contribution in [-0.2, 0) is 14.4 Å². The summed E-state index contributed by atoms with van der Waals surface area (Å²) in [4.78, 5) is 11.7. The highest BCUT2D eigenvalue weighted by atomic mass is 32.2. The number of alkyl halides is 3. The number of rotatable bonds is 6. The molecule has 9 heteroatoms. The van der Waals surface area contributed by atoms with Gasteiger partial charge in [-0.15, -0.1) is 0 Å². The summed E-state index contributed by atoms with van der Waals surface area (Å²) in [6.07, 6.45) is -4.99. The number of carbonyl (C=O) groups is 1. The predicted molar refractivity (Wildman–Crippen MR) is 69.4 cm³/mol. The summed E-state index contributed by atoms with van der Waals surface area (Å²) in [6.45, 7) is 1.50. The molecular formula is C12H12F3NO4S. The predicted octanol–water partition coefficient (Wildman–Crippen LogP) is 2.54. The SMILES string of the molecule is CCCS(=O)(=O)O/N=C(/C(=O)c1ccccc1)C(F)(F)F. The fourth-order valence-corrected chi connectivity index (χ4v) is 2.09. The van der Waals surface area contributed by atoms with Gasteiger partial charge in [-0.1, -0.05) is 42.4 Å². The van der Waals surface area contributed by atoms with Crippen molar-refractivity contribution in [2.24, 2.45) is 5.16 Å². The van der Waals surface area contributed by atoms with Gasteiger partial charge < -0.3 is 0 Å². The molecule has 0 unspecified atom stereocenters. The standard InChI is InChI=1S/C12H12F3NO4S/c1-2-8-21(18,19)20-16-11(12(13,14)15)10(17)9-6-4-3-5-7-9/h3-7H,2,8H2,1H3/b16-11-. The summed E-state index contributed by atoms with van der Waals surface area (Å²) < 4.78 is 64.7. The van der Waals surface area contributed by atoms with Gasteiger partial charge in [0.2, 0.25) is 11.5 Å². The van der Waals surface area contributed by atoms with Crippen LogP contribution in [0.25, 0.3) is 0 Å². The van der Waals surface area contributed by atoms with Crippen molar-refractivity contribution in [3.63, 3.8) is 0 Å². The highest BCUT2D eigenvalue weighted by Crippen LogP contribution is 2.21. The number of nitrogens with zero attached hydrogens (tertiary/aromatic N) is 1. The van der Waals surface area contributed by atoms with Crippen LogP contribution in [-0.4, -0.2) is 31.8 Å². The topological polar surface area (TPSA) is 72.8 Å². The van der Waals surface area contributed by atoms with E-state index >= 15 is 0 Å². The van der Waals surface area contributed by atoms with E-state index in [0.717, 1.165) is 12.1 Å². The molecule has 116 valence electrons. The maximum atomic E-state index is 12.8. The van der Waals surface area contributed by atoms with Gasteiger partial charge in [0.25, 0.3) is 0 Å². The minimum atomic E-state index is -5.13. The number of carbonyl (C=O) groups excluding carboxylic acids is 1. The normalized spacial score (nSPS) is 13.0. The number of hydrogen-bond acceptors (Lipinski definition) is 5. The Labute approximate surface area is 119 Å². The highest BCUT2D eigenvalue weighted by Gasteiger charge is 2.42. The maximum Gasteiger partial charge on any atom is 0.440 e. The van der Waals surface area contributed by atoms with Crippen molar-refractivity contribution >= 4 is 21.6 Å². The Bertz CT molecular complexity index is 624. The monoisotopic (exact) mass is 323 g/mol. The van der Waals surface area contributed by atoms with Crippen LogP contribution < -0.4 is 0 Å². The summed E-state index contributed by atoms with van der Waals surface area (Å²) in [5.41, 5.74) is -2.20. The second kappa shape index (κ2) is 6.70. The number of ketones is 1. The third kappa shape index (κ3) is 5.18. The molecule has 0 atom stereocenters. The Kier molecular flexibility index (Phi) is 5.47. The molecule has 0 aliphatic carbocycles. The zero-order valence-corrected chi connectivity index (χ0v) is 11.7. The van der Waals surface area contributed by atoms with Crippen LogP contribution in [0.2, 0.25) is 0 Å². The summed E-state index contributed by atoms with van der Waals surface area (Å²) in [5, 5.41) is 2.52. The van der Waals surface area contributed by atoms with E-state index in [2.05, 4.69) is 9.44 Å². The van der Waals surface area contributed by atoms with Gasteiger partial charge in [-0.2, -0.15) is 21.6 Å². The summed E-state index contributed by atoms with van der Waals surface area (Å²) in [6, 6.07) is 6.57. The minimum Gasteiger partial charge on any atom is -0.287 e. The fourth-order valence-electron chi connectivity index (χ4n) is 1.33. The highest BCUT2D eigenvalue weighted by molar-refractivity contribution is 7.86. The zero-order valence-electron chi connectivity index (χ0n) is 10.9. The third-order valence-corrected chi connectivity index (χ3v) is 3.43.